The Morgan fingerprint density at radius 3 is 2.69 bits per heavy atom. The number of hydrogen-bond donors (Lipinski definition) is 1. The molecule has 3 nitrogen and oxygen atoms in total. The molecule has 1 aliphatic heterocycles. The highest BCUT2D eigenvalue weighted by Crippen LogP contribution is 2.24. The molecule has 1 aromatic heterocycles. The van der Waals surface area contributed by atoms with Crippen LogP contribution in [0.25, 0.3) is 10.8 Å². The van der Waals surface area contributed by atoms with Gasteiger partial charge in [0.15, 0.2) is 0 Å². The van der Waals surface area contributed by atoms with Crippen molar-refractivity contribution in [2.24, 2.45) is 0 Å². The topological polar surface area (TPSA) is 28.2 Å². The molecule has 1 fully saturated rings. The van der Waals surface area contributed by atoms with Crippen LogP contribution in [-0.4, -0.2) is 18.1 Å². The van der Waals surface area contributed by atoms with Crippen molar-refractivity contribution in [3.63, 3.8) is 0 Å². The van der Waals surface area contributed by atoms with E-state index in [2.05, 4.69) is 76.7 Å². The van der Waals surface area contributed by atoms with Gasteiger partial charge in [0.25, 0.3) is 0 Å². The number of nitrogens with zero attached hydrogens (tertiary/aromatic N) is 2. The van der Waals surface area contributed by atoms with Crippen molar-refractivity contribution < 1.29 is 0 Å². The fourth-order valence-corrected chi connectivity index (χ4v) is 3.88. The molecule has 0 bridgehead atoms. The first-order chi connectivity index (χ1) is 12.8. The minimum atomic E-state index is 0.299. The third kappa shape index (κ3) is 3.73. The molecule has 0 amide bonds. The van der Waals surface area contributed by atoms with Gasteiger partial charge >= 0.3 is 0 Å². The number of fused-ring (bicyclic) bond motifs is 1. The molecular weight excluding hydrogens is 318 g/mol. The van der Waals surface area contributed by atoms with Crippen LogP contribution in [0.5, 0.6) is 0 Å². The van der Waals surface area contributed by atoms with Crippen molar-refractivity contribution in [2.45, 2.75) is 38.8 Å². The van der Waals surface area contributed by atoms with Crippen LogP contribution in [-0.2, 0) is 6.54 Å². The Labute approximate surface area is 156 Å². The third-order valence-electron chi connectivity index (χ3n) is 5.39. The van der Waals surface area contributed by atoms with Crippen LogP contribution in [0.1, 0.15) is 43.4 Å². The van der Waals surface area contributed by atoms with Crippen molar-refractivity contribution in [3.05, 3.63) is 71.9 Å². The van der Waals surface area contributed by atoms with E-state index in [0.717, 1.165) is 25.5 Å². The van der Waals surface area contributed by atoms with E-state index in [9.17, 15) is 0 Å². The summed E-state index contributed by atoms with van der Waals surface area (Å²) in [6.45, 7) is 5.37. The molecule has 0 spiro atoms. The number of piperidine rings is 1. The first-order valence-corrected chi connectivity index (χ1v) is 9.72. The van der Waals surface area contributed by atoms with Crippen molar-refractivity contribution in [1.82, 2.24) is 10.3 Å². The lowest BCUT2D eigenvalue weighted by molar-refractivity contribution is 0.568. The molecule has 2 heterocycles. The highest BCUT2D eigenvalue weighted by Gasteiger charge is 2.13. The van der Waals surface area contributed by atoms with Gasteiger partial charge in [-0.2, -0.15) is 0 Å². The summed E-state index contributed by atoms with van der Waals surface area (Å²) in [6, 6.07) is 19.8. The summed E-state index contributed by atoms with van der Waals surface area (Å²) in [6.07, 6.45) is 5.86. The van der Waals surface area contributed by atoms with Crippen molar-refractivity contribution in [2.75, 3.05) is 18.0 Å². The van der Waals surface area contributed by atoms with Gasteiger partial charge in [0, 0.05) is 31.9 Å². The van der Waals surface area contributed by atoms with E-state index in [4.69, 9.17) is 0 Å². The summed E-state index contributed by atoms with van der Waals surface area (Å²) >= 11 is 0. The summed E-state index contributed by atoms with van der Waals surface area (Å²) in [5, 5.41) is 6.32. The van der Waals surface area contributed by atoms with E-state index in [-0.39, 0.29) is 0 Å². The quantitative estimate of drug-likeness (QED) is 0.699. The zero-order valence-corrected chi connectivity index (χ0v) is 15.5. The molecule has 1 saturated heterocycles. The number of anilines is 1. The Morgan fingerprint density at radius 2 is 1.81 bits per heavy atom. The lowest BCUT2D eigenvalue weighted by Gasteiger charge is -2.28. The van der Waals surface area contributed by atoms with E-state index in [1.54, 1.807) is 0 Å². The summed E-state index contributed by atoms with van der Waals surface area (Å²) in [4.78, 5) is 7.01. The normalized spacial score (nSPS) is 16.0. The first-order valence-electron chi connectivity index (χ1n) is 9.72. The molecule has 1 N–H and O–H groups in total. The second-order valence-corrected chi connectivity index (χ2v) is 7.24. The zero-order chi connectivity index (χ0) is 17.8. The van der Waals surface area contributed by atoms with Crippen molar-refractivity contribution >= 4 is 16.6 Å². The van der Waals surface area contributed by atoms with Gasteiger partial charge in [0.05, 0.1) is 0 Å². The molecule has 2 aromatic carbocycles. The predicted molar refractivity (Wildman–Crippen MR) is 110 cm³/mol. The molecule has 4 rings (SSSR count). The average molecular weight is 345 g/mol. The Hall–Kier alpha value is -2.39. The number of benzene rings is 2. The maximum atomic E-state index is 4.59. The molecule has 0 aliphatic carbocycles. The molecule has 0 radical (unpaired) electrons. The Balaban J connectivity index is 1.46. The van der Waals surface area contributed by atoms with Gasteiger partial charge in [-0.1, -0.05) is 42.5 Å². The largest absolute Gasteiger partial charge is 0.357 e. The van der Waals surface area contributed by atoms with Crippen molar-refractivity contribution in [3.8, 4) is 0 Å². The first kappa shape index (κ1) is 17.0. The van der Waals surface area contributed by atoms with Gasteiger partial charge in [-0.05, 0) is 60.2 Å². The van der Waals surface area contributed by atoms with Crippen LogP contribution in [0.3, 0.4) is 0 Å². The Morgan fingerprint density at radius 1 is 1.00 bits per heavy atom. The lowest BCUT2D eigenvalue weighted by atomic mass is 9.99. The molecule has 3 aromatic rings. The van der Waals surface area contributed by atoms with Gasteiger partial charge in [0.2, 0.25) is 0 Å². The zero-order valence-electron chi connectivity index (χ0n) is 15.5. The highest BCUT2D eigenvalue weighted by molar-refractivity contribution is 5.86. The number of aromatic nitrogens is 1. The minimum Gasteiger partial charge on any atom is -0.357 e. The van der Waals surface area contributed by atoms with Gasteiger partial charge < -0.3 is 10.2 Å². The van der Waals surface area contributed by atoms with E-state index in [1.807, 2.05) is 6.20 Å². The van der Waals surface area contributed by atoms with Crippen molar-refractivity contribution in [1.29, 1.82) is 0 Å². The SMILES string of the molecule is C[C@@H](NCc1ccnc(N2CCCCC2)c1)c1cccc2ccccc12. The molecule has 1 atom stereocenters. The molecule has 0 unspecified atom stereocenters. The molecule has 0 saturated carbocycles. The standard InChI is InChI=1S/C23H27N3/c1-18(21-11-7-9-20-8-3-4-10-22(20)21)25-17-19-12-13-24-23(16-19)26-14-5-2-6-15-26/h3-4,7-13,16,18,25H,2,5-6,14-15,17H2,1H3/t18-/m1/s1. The average Bonchev–Trinajstić information content (AvgIpc) is 2.72. The molecular formula is C23H27N3. The monoisotopic (exact) mass is 345 g/mol. The number of hydrogen-bond acceptors (Lipinski definition) is 3. The van der Waals surface area contributed by atoms with E-state index in [0.29, 0.717) is 6.04 Å². The lowest BCUT2D eigenvalue weighted by Crippen LogP contribution is -2.30. The Bertz CT molecular complexity index is 863. The second-order valence-electron chi connectivity index (χ2n) is 7.24. The van der Waals surface area contributed by atoms with Crippen LogP contribution in [0.4, 0.5) is 5.82 Å². The summed E-state index contributed by atoms with van der Waals surface area (Å²) in [5.74, 6) is 1.13. The number of nitrogens with one attached hydrogen (secondary N) is 1. The maximum Gasteiger partial charge on any atom is 0.128 e. The smallest absolute Gasteiger partial charge is 0.128 e. The molecule has 1 aliphatic rings. The summed E-state index contributed by atoms with van der Waals surface area (Å²) < 4.78 is 0. The fourth-order valence-electron chi connectivity index (χ4n) is 3.88. The van der Waals surface area contributed by atoms with Crippen LogP contribution >= 0.6 is 0 Å². The van der Waals surface area contributed by atoms with Crippen LogP contribution in [0, 0.1) is 0 Å². The molecule has 26 heavy (non-hydrogen) atoms. The predicted octanol–water partition coefficient (Wildman–Crippen LogP) is 5.08. The van der Waals surface area contributed by atoms with E-state index in [1.165, 1.54) is 41.2 Å². The highest BCUT2D eigenvalue weighted by atomic mass is 15.2. The van der Waals surface area contributed by atoms with E-state index >= 15 is 0 Å². The second kappa shape index (κ2) is 7.88. The fraction of sp³-hybridized carbons (Fsp3) is 0.348. The summed E-state index contributed by atoms with van der Waals surface area (Å²) in [5.41, 5.74) is 2.65. The molecule has 134 valence electrons. The number of pyridine rings is 1. The van der Waals surface area contributed by atoms with Crippen LogP contribution in [0.15, 0.2) is 60.8 Å². The van der Waals surface area contributed by atoms with Crippen LogP contribution in [0.2, 0.25) is 0 Å². The van der Waals surface area contributed by atoms with Crippen LogP contribution < -0.4 is 10.2 Å². The molecule has 3 heteroatoms. The van der Waals surface area contributed by atoms with Gasteiger partial charge in [-0.15, -0.1) is 0 Å². The Kier molecular flexibility index (Phi) is 5.16. The van der Waals surface area contributed by atoms with Gasteiger partial charge in [0.1, 0.15) is 5.82 Å². The minimum absolute atomic E-state index is 0.299. The summed E-state index contributed by atoms with van der Waals surface area (Å²) in [7, 11) is 0. The number of rotatable bonds is 5. The third-order valence-corrected chi connectivity index (χ3v) is 5.39. The maximum absolute atomic E-state index is 4.59. The van der Waals surface area contributed by atoms with E-state index < -0.39 is 0 Å². The van der Waals surface area contributed by atoms with Gasteiger partial charge in [-0.25, -0.2) is 4.98 Å². The van der Waals surface area contributed by atoms with Gasteiger partial charge in [-0.3, -0.25) is 0 Å².